The average Bonchev–Trinajstić information content (AvgIpc) is 2.54. The van der Waals surface area contributed by atoms with Gasteiger partial charge in [0.15, 0.2) is 11.6 Å². The molecule has 0 saturated carbocycles. The lowest BCUT2D eigenvalue weighted by molar-refractivity contribution is 0.0168. The summed E-state index contributed by atoms with van der Waals surface area (Å²) >= 11 is 5.97. The van der Waals surface area contributed by atoms with Crippen LogP contribution in [-0.4, -0.2) is 24.2 Å². The van der Waals surface area contributed by atoms with Crippen molar-refractivity contribution >= 4 is 28.9 Å². The number of amides is 1. The molecule has 0 bridgehead atoms. The van der Waals surface area contributed by atoms with E-state index in [1.807, 2.05) is 5.48 Å². The van der Waals surface area contributed by atoms with E-state index in [1.165, 1.54) is 0 Å². The molecule has 2 aromatic rings. The summed E-state index contributed by atoms with van der Waals surface area (Å²) in [4.78, 5) is 16.7. The van der Waals surface area contributed by atoms with Crippen molar-refractivity contribution in [3.05, 3.63) is 58.6 Å². The van der Waals surface area contributed by atoms with Crippen LogP contribution in [0.3, 0.4) is 0 Å². The predicted octanol–water partition coefficient (Wildman–Crippen LogP) is 3.02. The molecule has 0 atom stereocenters. The van der Waals surface area contributed by atoms with Crippen molar-refractivity contribution in [3.63, 3.8) is 0 Å². The highest BCUT2D eigenvalue weighted by Gasteiger charge is 2.19. The fourth-order valence-electron chi connectivity index (χ4n) is 1.78. The summed E-state index contributed by atoms with van der Waals surface area (Å²) in [5, 5.41) is 11.5. The van der Waals surface area contributed by atoms with Gasteiger partial charge in [0.1, 0.15) is 0 Å². The molecular formula is C15H13ClF2N2O3. The highest BCUT2D eigenvalue weighted by atomic mass is 35.5. The van der Waals surface area contributed by atoms with E-state index in [0.29, 0.717) is 5.69 Å². The highest BCUT2D eigenvalue weighted by molar-refractivity contribution is 6.33. The Morgan fingerprint density at radius 1 is 1.22 bits per heavy atom. The van der Waals surface area contributed by atoms with Crippen LogP contribution < -0.4 is 10.8 Å². The molecule has 0 radical (unpaired) electrons. The van der Waals surface area contributed by atoms with Crippen molar-refractivity contribution in [2.24, 2.45) is 0 Å². The first-order valence-electron chi connectivity index (χ1n) is 6.57. The normalized spacial score (nSPS) is 10.4. The quantitative estimate of drug-likeness (QED) is 0.557. The number of nitrogens with one attached hydrogen (secondary N) is 2. The molecule has 23 heavy (non-hydrogen) atoms. The molecular weight excluding hydrogens is 330 g/mol. The lowest BCUT2D eigenvalue weighted by Gasteiger charge is -2.14. The van der Waals surface area contributed by atoms with E-state index in [-0.39, 0.29) is 29.5 Å². The molecule has 1 amide bonds. The molecule has 5 nitrogen and oxygen atoms in total. The molecule has 0 unspecified atom stereocenters. The molecule has 3 N–H and O–H groups in total. The van der Waals surface area contributed by atoms with E-state index in [4.69, 9.17) is 16.7 Å². The van der Waals surface area contributed by atoms with Gasteiger partial charge in [-0.25, -0.2) is 14.3 Å². The van der Waals surface area contributed by atoms with Crippen molar-refractivity contribution in [1.29, 1.82) is 0 Å². The smallest absolute Gasteiger partial charge is 0.277 e. The van der Waals surface area contributed by atoms with Crippen LogP contribution in [0.1, 0.15) is 10.4 Å². The summed E-state index contributed by atoms with van der Waals surface area (Å²) in [6.07, 6.45) is 0. The second-order valence-corrected chi connectivity index (χ2v) is 4.80. The van der Waals surface area contributed by atoms with Crippen LogP contribution in [0, 0.1) is 11.6 Å². The van der Waals surface area contributed by atoms with Gasteiger partial charge >= 0.3 is 0 Å². The van der Waals surface area contributed by atoms with E-state index in [0.717, 1.165) is 12.1 Å². The van der Waals surface area contributed by atoms with Crippen LogP contribution in [0.2, 0.25) is 5.02 Å². The van der Waals surface area contributed by atoms with Crippen LogP contribution in [0.5, 0.6) is 0 Å². The van der Waals surface area contributed by atoms with Gasteiger partial charge in [0.2, 0.25) is 0 Å². The highest BCUT2D eigenvalue weighted by Crippen LogP contribution is 2.30. The summed E-state index contributed by atoms with van der Waals surface area (Å²) in [7, 11) is 0. The van der Waals surface area contributed by atoms with Gasteiger partial charge in [-0.15, -0.1) is 0 Å². The third kappa shape index (κ3) is 4.16. The minimum atomic E-state index is -1.22. The van der Waals surface area contributed by atoms with Crippen LogP contribution >= 0.6 is 11.6 Å². The first-order valence-corrected chi connectivity index (χ1v) is 6.95. The second kappa shape index (κ2) is 7.87. The fraction of sp³-hybridized carbons (Fsp3) is 0.133. The molecule has 2 aromatic carbocycles. The number of hydroxylamine groups is 1. The van der Waals surface area contributed by atoms with Gasteiger partial charge in [-0.3, -0.25) is 9.63 Å². The standard InChI is InChI=1S/C15H13ClF2N2O3/c16-10-3-1-2-4-12(10)19-14-9(5-6-11(17)13(14)18)15(22)20-23-8-7-21/h1-6,19,21H,7-8H2,(H,20,22). The van der Waals surface area contributed by atoms with Crippen molar-refractivity contribution in [2.45, 2.75) is 0 Å². The molecule has 0 aliphatic carbocycles. The predicted molar refractivity (Wildman–Crippen MR) is 81.6 cm³/mol. The Hall–Kier alpha value is -2.22. The van der Waals surface area contributed by atoms with Crippen LogP contribution in [0.15, 0.2) is 36.4 Å². The topological polar surface area (TPSA) is 70.6 Å². The Labute approximate surface area is 135 Å². The monoisotopic (exact) mass is 342 g/mol. The lowest BCUT2D eigenvalue weighted by Crippen LogP contribution is -2.26. The Morgan fingerprint density at radius 2 is 1.96 bits per heavy atom. The van der Waals surface area contributed by atoms with E-state index in [2.05, 4.69) is 10.2 Å². The molecule has 0 spiro atoms. The summed E-state index contributed by atoms with van der Waals surface area (Å²) in [6.45, 7) is -0.439. The van der Waals surface area contributed by atoms with Gasteiger partial charge in [0, 0.05) is 0 Å². The second-order valence-electron chi connectivity index (χ2n) is 4.39. The number of halogens is 3. The Kier molecular flexibility index (Phi) is 5.86. The Morgan fingerprint density at radius 3 is 2.65 bits per heavy atom. The molecule has 0 aliphatic heterocycles. The van der Waals surface area contributed by atoms with E-state index in [9.17, 15) is 13.6 Å². The van der Waals surface area contributed by atoms with E-state index < -0.39 is 17.5 Å². The maximum atomic E-state index is 14.1. The van der Waals surface area contributed by atoms with Crippen molar-refractivity contribution in [2.75, 3.05) is 18.5 Å². The van der Waals surface area contributed by atoms with Crippen molar-refractivity contribution < 1.29 is 23.5 Å². The number of hydrogen-bond acceptors (Lipinski definition) is 4. The fourth-order valence-corrected chi connectivity index (χ4v) is 1.96. The molecule has 122 valence electrons. The molecule has 0 aliphatic rings. The SMILES string of the molecule is O=C(NOCCO)c1ccc(F)c(F)c1Nc1ccccc1Cl. The first-order chi connectivity index (χ1) is 11.0. The van der Waals surface area contributed by atoms with Gasteiger partial charge in [0.05, 0.1) is 35.2 Å². The van der Waals surface area contributed by atoms with E-state index >= 15 is 0 Å². The largest absolute Gasteiger partial charge is 0.394 e. The lowest BCUT2D eigenvalue weighted by atomic mass is 10.1. The third-order valence-corrected chi connectivity index (χ3v) is 3.16. The summed E-state index contributed by atoms with van der Waals surface area (Å²) in [6, 6.07) is 8.37. The van der Waals surface area contributed by atoms with Crippen LogP contribution in [-0.2, 0) is 4.84 Å². The van der Waals surface area contributed by atoms with Crippen molar-refractivity contribution in [1.82, 2.24) is 5.48 Å². The average molecular weight is 343 g/mol. The number of carbonyl (C=O) groups excluding carboxylic acids is 1. The van der Waals surface area contributed by atoms with Gasteiger partial charge in [-0.2, -0.15) is 0 Å². The number of hydrogen-bond donors (Lipinski definition) is 3. The van der Waals surface area contributed by atoms with Crippen LogP contribution in [0.4, 0.5) is 20.2 Å². The molecule has 8 heteroatoms. The van der Waals surface area contributed by atoms with Crippen LogP contribution in [0.25, 0.3) is 0 Å². The number of rotatable bonds is 6. The van der Waals surface area contributed by atoms with Gasteiger partial charge in [-0.1, -0.05) is 23.7 Å². The minimum Gasteiger partial charge on any atom is -0.394 e. The number of para-hydroxylation sites is 1. The first kappa shape index (κ1) is 17.1. The molecule has 0 heterocycles. The molecule has 0 aromatic heterocycles. The molecule has 0 saturated heterocycles. The zero-order valence-electron chi connectivity index (χ0n) is 11.8. The number of benzene rings is 2. The Balaban J connectivity index is 2.35. The number of aliphatic hydroxyl groups excluding tert-OH is 1. The Bertz CT molecular complexity index is 713. The number of carbonyl (C=O) groups is 1. The minimum absolute atomic E-state index is 0.136. The number of aliphatic hydroxyl groups is 1. The summed E-state index contributed by atoms with van der Waals surface area (Å²) in [5.74, 6) is -3.14. The van der Waals surface area contributed by atoms with Gasteiger partial charge in [0.25, 0.3) is 5.91 Å². The summed E-state index contributed by atoms with van der Waals surface area (Å²) in [5.41, 5.74) is 1.78. The maximum absolute atomic E-state index is 14.1. The van der Waals surface area contributed by atoms with Gasteiger partial charge in [-0.05, 0) is 24.3 Å². The maximum Gasteiger partial charge on any atom is 0.277 e. The summed E-state index contributed by atoms with van der Waals surface area (Å²) < 4.78 is 27.6. The van der Waals surface area contributed by atoms with Gasteiger partial charge < -0.3 is 10.4 Å². The molecule has 2 rings (SSSR count). The zero-order chi connectivity index (χ0) is 16.8. The third-order valence-electron chi connectivity index (χ3n) is 2.83. The molecule has 0 fully saturated rings. The van der Waals surface area contributed by atoms with E-state index in [1.54, 1.807) is 24.3 Å². The van der Waals surface area contributed by atoms with Crippen molar-refractivity contribution in [3.8, 4) is 0 Å². The zero-order valence-corrected chi connectivity index (χ0v) is 12.5. The number of anilines is 2.